The Bertz CT molecular complexity index is 893. The highest BCUT2D eigenvalue weighted by molar-refractivity contribution is 6.04. The van der Waals surface area contributed by atoms with Crippen molar-refractivity contribution in [3.05, 3.63) is 77.6 Å². The summed E-state index contributed by atoms with van der Waals surface area (Å²) in [4.78, 5) is 23.1. The first kappa shape index (κ1) is 16.6. The van der Waals surface area contributed by atoms with Crippen LogP contribution < -0.4 is 10.2 Å². The van der Waals surface area contributed by atoms with Crippen molar-refractivity contribution in [2.45, 2.75) is 13.8 Å². The summed E-state index contributed by atoms with van der Waals surface area (Å²) in [7, 11) is 1.74. The number of para-hydroxylation sites is 1. The van der Waals surface area contributed by atoms with Gasteiger partial charge in [0.1, 0.15) is 5.69 Å². The van der Waals surface area contributed by atoms with Crippen LogP contribution in [0.4, 0.5) is 17.3 Å². The summed E-state index contributed by atoms with van der Waals surface area (Å²) in [6, 6.07) is 19.1. The maximum Gasteiger partial charge on any atom is 0.276 e. The number of carbonyl (C=O) groups excluding carboxylic acids is 1. The van der Waals surface area contributed by atoms with Crippen LogP contribution >= 0.6 is 0 Å². The zero-order valence-electron chi connectivity index (χ0n) is 14.5. The van der Waals surface area contributed by atoms with Crippen molar-refractivity contribution >= 4 is 23.2 Å². The second-order valence-corrected chi connectivity index (χ2v) is 5.91. The van der Waals surface area contributed by atoms with Crippen molar-refractivity contribution in [2.75, 3.05) is 17.3 Å². The normalized spacial score (nSPS) is 10.4. The van der Waals surface area contributed by atoms with Gasteiger partial charge in [0.2, 0.25) is 5.95 Å². The standard InChI is InChI=1S/C20H20N4O/c1-14-8-7-9-16(12-14)22-20-21-15(2)13-18(23-20)19(25)24(3)17-10-5-4-6-11-17/h4-13H,1-3H3,(H,21,22,23). The highest BCUT2D eigenvalue weighted by atomic mass is 16.2. The number of hydrogen-bond acceptors (Lipinski definition) is 4. The van der Waals surface area contributed by atoms with E-state index >= 15 is 0 Å². The molecule has 0 aliphatic carbocycles. The Labute approximate surface area is 147 Å². The zero-order chi connectivity index (χ0) is 17.8. The molecule has 0 unspecified atom stereocenters. The summed E-state index contributed by atoms with van der Waals surface area (Å²) in [6.45, 7) is 3.87. The molecule has 25 heavy (non-hydrogen) atoms. The number of hydrogen-bond donors (Lipinski definition) is 1. The Morgan fingerprint density at radius 1 is 0.960 bits per heavy atom. The van der Waals surface area contributed by atoms with Gasteiger partial charge >= 0.3 is 0 Å². The summed E-state index contributed by atoms with van der Waals surface area (Å²) >= 11 is 0. The summed E-state index contributed by atoms with van der Waals surface area (Å²) in [5.41, 5.74) is 3.93. The summed E-state index contributed by atoms with van der Waals surface area (Å²) < 4.78 is 0. The van der Waals surface area contributed by atoms with Crippen LogP contribution in [0.2, 0.25) is 0 Å². The van der Waals surface area contributed by atoms with Crippen molar-refractivity contribution in [1.29, 1.82) is 0 Å². The van der Waals surface area contributed by atoms with E-state index in [0.717, 1.165) is 22.6 Å². The lowest BCUT2D eigenvalue weighted by molar-refractivity contribution is 0.0988. The van der Waals surface area contributed by atoms with E-state index in [2.05, 4.69) is 15.3 Å². The van der Waals surface area contributed by atoms with Gasteiger partial charge in [-0.1, -0.05) is 30.3 Å². The average Bonchev–Trinajstić information content (AvgIpc) is 2.60. The Balaban J connectivity index is 1.87. The minimum absolute atomic E-state index is 0.177. The van der Waals surface area contributed by atoms with E-state index in [4.69, 9.17) is 0 Å². The van der Waals surface area contributed by atoms with Gasteiger partial charge in [-0.05, 0) is 49.7 Å². The van der Waals surface area contributed by atoms with E-state index in [9.17, 15) is 4.79 Å². The smallest absolute Gasteiger partial charge is 0.276 e. The lowest BCUT2D eigenvalue weighted by Crippen LogP contribution is -2.27. The molecular weight excluding hydrogens is 312 g/mol. The van der Waals surface area contributed by atoms with Crippen molar-refractivity contribution in [3.8, 4) is 0 Å². The van der Waals surface area contributed by atoms with Crippen LogP contribution in [-0.2, 0) is 0 Å². The van der Waals surface area contributed by atoms with E-state index in [1.807, 2.05) is 68.4 Å². The van der Waals surface area contributed by atoms with Gasteiger partial charge in [0.25, 0.3) is 5.91 Å². The van der Waals surface area contributed by atoms with Crippen LogP contribution in [0.15, 0.2) is 60.7 Å². The fourth-order valence-electron chi connectivity index (χ4n) is 2.53. The maximum atomic E-state index is 12.8. The van der Waals surface area contributed by atoms with Crippen molar-refractivity contribution < 1.29 is 4.79 Å². The quantitative estimate of drug-likeness (QED) is 0.781. The minimum Gasteiger partial charge on any atom is -0.324 e. The van der Waals surface area contributed by atoms with Crippen LogP contribution in [0, 0.1) is 13.8 Å². The molecule has 3 rings (SSSR count). The van der Waals surface area contributed by atoms with E-state index in [1.165, 1.54) is 0 Å². The number of nitrogens with zero attached hydrogens (tertiary/aromatic N) is 3. The molecule has 0 aliphatic rings. The molecule has 0 fully saturated rings. The van der Waals surface area contributed by atoms with E-state index in [1.54, 1.807) is 18.0 Å². The summed E-state index contributed by atoms with van der Waals surface area (Å²) in [5.74, 6) is 0.236. The van der Waals surface area contributed by atoms with Crippen molar-refractivity contribution in [2.24, 2.45) is 0 Å². The fourth-order valence-corrected chi connectivity index (χ4v) is 2.53. The lowest BCUT2D eigenvalue weighted by Gasteiger charge is -2.17. The van der Waals surface area contributed by atoms with E-state index < -0.39 is 0 Å². The number of amides is 1. The second kappa shape index (κ2) is 7.13. The highest BCUT2D eigenvalue weighted by Gasteiger charge is 2.16. The second-order valence-electron chi connectivity index (χ2n) is 5.91. The molecule has 1 amide bonds. The van der Waals surface area contributed by atoms with Gasteiger partial charge in [-0.3, -0.25) is 4.79 Å². The van der Waals surface area contributed by atoms with Crippen molar-refractivity contribution in [3.63, 3.8) is 0 Å². The first-order valence-electron chi connectivity index (χ1n) is 8.05. The molecular formula is C20H20N4O. The van der Waals surface area contributed by atoms with Gasteiger partial charge in [-0.25, -0.2) is 9.97 Å². The number of benzene rings is 2. The number of aryl methyl sites for hydroxylation is 2. The van der Waals surface area contributed by atoms with Gasteiger partial charge in [0, 0.05) is 24.1 Å². The molecule has 0 aliphatic heterocycles. The highest BCUT2D eigenvalue weighted by Crippen LogP contribution is 2.18. The lowest BCUT2D eigenvalue weighted by atomic mass is 10.2. The van der Waals surface area contributed by atoms with Crippen molar-refractivity contribution in [1.82, 2.24) is 9.97 Å². The predicted molar refractivity (Wildman–Crippen MR) is 100 cm³/mol. The topological polar surface area (TPSA) is 58.1 Å². The number of nitrogens with one attached hydrogen (secondary N) is 1. The molecule has 1 N–H and O–H groups in total. The van der Waals surface area contributed by atoms with Gasteiger partial charge in [0.15, 0.2) is 0 Å². The Kier molecular flexibility index (Phi) is 4.75. The van der Waals surface area contributed by atoms with Crippen LogP contribution in [0.1, 0.15) is 21.7 Å². The molecule has 5 nitrogen and oxygen atoms in total. The monoisotopic (exact) mass is 332 g/mol. The molecule has 1 heterocycles. The maximum absolute atomic E-state index is 12.8. The zero-order valence-corrected chi connectivity index (χ0v) is 14.5. The average molecular weight is 332 g/mol. The molecule has 1 aromatic heterocycles. The fraction of sp³-hybridized carbons (Fsp3) is 0.150. The third-order valence-electron chi connectivity index (χ3n) is 3.80. The molecule has 0 saturated heterocycles. The summed E-state index contributed by atoms with van der Waals surface area (Å²) in [6.07, 6.45) is 0. The van der Waals surface area contributed by atoms with E-state index in [-0.39, 0.29) is 5.91 Å². The first-order chi connectivity index (χ1) is 12.0. The molecule has 2 aromatic carbocycles. The molecule has 0 bridgehead atoms. The van der Waals surface area contributed by atoms with Crippen LogP contribution in [0.5, 0.6) is 0 Å². The largest absolute Gasteiger partial charge is 0.324 e. The molecule has 126 valence electrons. The van der Waals surface area contributed by atoms with Crippen LogP contribution in [0.25, 0.3) is 0 Å². The third kappa shape index (κ3) is 4.01. The molecule has 3 aromatic rings. The number of rotatable bonds is 4. The van der Waals surface area contributed by atoms with E-state index in [0.29, 0.717) is 11.6 Å². The number of aromatic nitrogens is 2. The third-order valence-corrected chi connectivity index (χ3v) is 3.80. The molecule has 0 saturated carbocycles. The SMILES string of the molecule is Cc1cccc(Nc2nc(C)cc(C(=O)N(C)c3ccccc3)n2)c1. The van der Waals surface area contributed by atoms with Crippen LogP contribution in [-0.4, -0.2) is 22.9 Å². The molecule has 0 atom stereocenters. The predicted octanol–water partition coefficient (Wildman–Crippen LogP) is 4.11. The van der Waals surface area contributed by atoms with Gasteiger partial charge < -0.3 is 10.2 Å². The Morgan fingerprint density at radius 3 is 2.44 bits per heavy atom. The van der Waals surface area contributed by atoms with Gasteiger partial charge in [-0.15, -0.1) is 0 Å². The molecule has 0 radical (unpaired) electrons. The molecule has 5 heteroatoms. The Morgan fingerprint density at radius 2 is 1.72 bits per heavy atom. The van der Waals surface area contributed by atoms with Gasteiger partial charge in [-0.2, -0.15) is 0 Å². The minimum atomic E-state index is -0.177. The molecule has 0 spiro atoms. The summed E-state index contributed by atoms with van der Waals surface area (Å²) in [5, 5.41) is 3.17. The van der Waals surface area contributed by atoms with Gasteiger partial charge in [0.05, 0.1) is 0 Å². The Hall–Kier alpha value is -3.21. The first-order valence-corrected chi connectivity index (χ1v) is 8.05. The number of carbonyl (C=O) groups is 1. The number of anilines is 3. The van der Waals surface area contributed by atoms with Crippen LogP contribution in [0.3, 0.4) is 0 Å².